The van der Waals surface area contributed by atoms with Gasteiger partial charge >= 0.3 is 0 Å². The maximum atomic E-state index is 13.8. The Balaban J connectivity index is 1.78. The van der Waals surface area contributed by atoms with Crippen LogP contribution < -0.4 is 14.8 Å². The van der Waals surface area contributed by atoms with Crippen LogP contribution in [-0.2, 0) is 11.4 Å². The number of hydrogen-bond acceptors (Lipinski definition) is 4. The minimum atomic E-state index is -0.643. The van der Waals surface area contributed by atoms with Crippen molar-refractivity contribution in [2.75, 3.05) is 12.4 Å². The SMILES string of the molecule is COc1cc(/C=C(\C#N)C(=O)Nc2cc(Cl)ccc2Cl)ccc1OCc1ccccc1F. The smallest absolute Gasteiger partial charge is 0.266 e. The van der Waals surface area contributed by atoms with E-state index >= 15 is 0 Å². The Kier molecular flexibility index (Phi) is 7.72. The van der Waals surface area contributed by atoms with E-state index in [-0.39, 0.29) is 23.0 Å². The van der Waals surface area contributed by atoms with Crippen LogP contribution >= 0.6 is 23.2 Å². The van der Waals surface area contributed by atoms with Crippen LogP contribution in [0, 0.1) is 17.1 Å². The molecule has 0 aromatic heterocycles. The van der Waals surface area contributed by atoms with Crippen LogP contribution in [0.5, 0.6) is 11.5 Å². The molecule has 0 bridgehead atoms. The number of methoxy groups -OCH3 is 1. The number of ether oxygens (including phenoxy) is 2. The van der Waals surface area contributed by atoms with E-state index in [0.717, 1.165) is 0 Å². The molecule has 5 nitrogen and oxygen atoms in total. The van der Waals surface area contributed by atoms with E-state index in [4.69, 9.17) is 32.7 Å². The summed E-state index contributed by atoms with van der Waals surface area (Å²) in [4.78, 5) is 12.5. The lowest BCUT2D eigenvalue weighted by Gasteiger charge is -2.12. The van der Waals surface area contributed by atoms with E-state index in [2.05, 4.69) is 5.32 Å². The Bertz CT molecular complexity index is 1220. The molecule has 1 N–H and O–H groups in total. The fourth-order valence-electron chi connectivity index (χ4n) is 2.76. The van der Waals surface area contributed by atoms with Gasteiger partial charge in [0.15, 0.2) is 11.5 Å². The number of nitrogens with zero attached hydrogens (tertiary/aromatic N) is 1. The zero-order valence-electron chi connectivity index (χ0n) is 16.9. The van der Waals surface area contributed by atoms with Crippen LogP contribution in [0.4, 0.5) is 10.1 Å². The predicted octanol–water partition coefficient (Wildman–Crippen LogP) is 6.27. The van der Waals surface area contributed by atoms with Crippen molar-refractivity contribution in [3.63, 3.8) is 0 Å². The van der Waals surface area contributed by atoms with Crippen LogP contribution in [0.15, 0.2) is 66.2 Å². The molecule has 0 spiro atoms. The van der Waals surface area contributed by atoms with Crippen LogP contribution in [-0.4, -0.2) is 13.0 Å². The van der Waals surface area contributed by atoms with E-state index < -0.39 is 5.91 Å². The number of halogens is 3. The van der Waals surface area contributed by atoms with E-state index in [1.54, 1.807) is 48.5 Å². The molecular formula is C24H17Cl2FN2O3. The first-order valence-corrected chi connectivity index (χ1v) is 10.1. The molecule has 0 aliphatic carbocycles. The van der Waals surface area contributed by atoms with Gasteiger partial charge < -0.3 is 14.8 Å². The highest BCUT2D eigenvalue weighted by Gasteiger charge is 2.13. The molecule has 1 amide bonds. The van der Waals surface area contributed by atoms with Crippen LogP contribution in [0.1, 0.15) is 11.1 Å². The molecule has 0 heterocycles. The third kappa shape index (κ3) is 5.79. The van der Waals surface area contributed by atoms with Gasteiger partial charge in [0.05, 0.1) is 17.8 Å². The van der Waals surface area contributed by atoms with E-state index in [1.807, 2.05) is 6.07 Å². The standard InChI is InChI=1S/C24H17Cl2FN2O3/c1-31-23-11-15(6-9-22(23)32-14-16-4-2-3-5-20(16)27)10-17(13-28)24(30)29-21-12-18(25)7-8-19(21)26/h2-12H,14H2,1H3,(H,29,30)/b17-10+. The fourth-order valence-corrected chi connectivity index (χ4v) is 3.10. The molecule has 0 aliphatic rings. The van der Waals surface area contributed by atoms with Crippen LogP contribution in [0.3, 0.4) is 0 Å². The highest BCUT2D eigenvalue weighted by atomic mass is 35.5. The summed E-state index contributed by atoms with van der Waals surface area (Å²) in [6.07, 6.45) is 1.40. The molecular weight excluding hydrogens is 454 g/mol. The fraction of sp³-hybridized carbons (Fsp3) is 0.0833. The maximum absolute atomic E-state index is 13.8. The number of rotatable bonds is 7. The van der Waals surface area contributed by atoms with E-state index in [9.17, 15) is 14.4 Å². The molecule has 8 heteroatoms. The molecule has 0 atom stereocenters. The molecule has 0 radical (unpaired) electrons. The monoisotopic (exact) mass is 470 g/mol. The Hall–Kier alpha value is -3.53. The van der Waals surface area contributed by atoms with Gasteiger partial charge in [0.25, 0.3) is 5.91 Å². The maximum Gasteiger partial charge on any atom is 0.266 e. The first-order valence-electron chi connectivity index (χ1n) is 9.33. The summed E-state index contributed by atoms with van der Waals surface area (Å²) in [6.45, 7) is 0.0183. The van der Waals surface area contributed by atoms with Gasteiger partial charge in [-0.1, -0.05) is 47.5 Å². The Labute approximate surface area is 194 Å². The number of nitriles is 1. The minimum Gasteiger partial charge on any atom is -0.493 e. The molecule has 3 rings (SSSR count). The Morgan fingerprint density at radius 1 is 1.12 bits per heavy atom. The topological polar surface area (TPSA) is 71.3 Å². The summed E-state index contributed by atoms with van der Waals surface area (Å²) in [5.41, 5.74) is 1.08. The van der Waals surface area contributed by atoms with Gasteiger partial charge in [-0.15, -0.1) is 0 Å². The number of hydrogen-bond donors (Lipinski definition) is 1. The molecule has 0 saturated heterocycles. The molecule has 0 unspecified atom stereocenters. The molecule has 162 valence electrons. The summed E-state index contributed by atoms with van der Waals surface area (Å²) in [5.74, 6) is -0.252. The summed E-state index contributed by atoms with van der Waals surface area (Å²) < 4.78 is 24.8. The third-order valence-corrected chi connectivity index (χ3v) is 4.95. The van der Waals surface area contributed by atoms with Gasteiger partial charge in [-0.05, 0) is 48.0 Å². The first kappa shape index (κ1) is 23.1. The summed E-state index contributed by atoms with van der Waals surface area (Å²) in [7, 11) is 1.46. The van der Waals surface area contributed by atoms with E-state index in [1.165, 1.54) is 25.3 Å². The number of carbonyl (C=O) groups excluding carboxylic acids is 1. The average Bonchev–Trinajstić information content (AvgIpc) is 2.79. The van der Waals surface area contributed by atoms with Crippen molar-refractivity contribution < 1.29 is 18.7 Å². The molecule has 0 saturated carbocycles. The normalized spacial score (nSPS) is 10.9. The van der Waals surface area contributed by atoms with Gasteiger partial charge in [0.2, 0.25) is 0 Å². The zero-order chi connectivity index (χ0) is 23.1. The van der Waals surface area contributed by atoms with Crippen molar-refractivity contribution in [3.8, 4) is 17.6 Å². The van der Waals surface area contributed by atoms with Crippen molar-refractivity contribution in [1.82, 2.24) is 0 Å². The van der Waals surface area contributed by atoms with Gasteiger partial charge in [0, 0.05) is 10.6 Å². The summed E-state index contributed by atoms with van der Waals surface area (Å²) in [5, 5.41) is 12.7. The van der Waals surface area contributed by atoms with Crippen molar-refractivity contribution in [2.24, 2.45) is 0 Å². The molecule has 3 aromatic carbocycles. The van der Waals surface area contributed by atoms with Crippen molar-refractivity contribution in [1.29, 1.82) is 5.26 Å². The number of benzene rings is 3. The van der Waals surface area contributed by atoms with Gasteiger partial charge in [-0.2, -0.15) is 5.26 Å². The zero-order valence-corrected chi connectivity index (χ0v) is 18.4. The highest BCUT2D eigenvalue weighted by Crippen LogP contribution is 2.30. The van der Waals surface area contributed by atoms with Crippen LogP contribution in [0.2, 0.25) is 10.0 Å². The average molecular weight is 471 g/mol. The number of anilines is 1. The van der Waals surface area contributed by atoms with E-state index in [0.29, 0.717) is 33.3 Å². The second-order valence-electron chi connectivity index (χ2n) is 6.54. The van der Waals surface area contributed by atoms with Crippen LogP contribution in [0.25, 0.3) is 6.08 Å². The first-order chi connectivity index (χ1) is 15.4. The molecule has 0 fully saturated rings. The number of carbonyl (C=O) groups is 1. The Morgan fingerprint density at radius 2 is 1.91 bits per heavy atom. The van der Waals surface area contributed by atoms with Crippen molar-refractivity contribution in [2.45, 2.75) is 6.61 Å². The highest BCUT2D eigenvalue weighted by molar-refractivity contribution is 6.36. The van der Waals surface area contributed by atoms with Gasteiger partial charge in [0.1, 0.15) is 24.1 Å². The summed E-state index contributed by atoms with van der Waals surface area (Å²) in [6, 6.07) is 17.7. The van der Waals surface area contributed by atoms with Gasteiger partial charge in [-0.3, -0.25) is 4.79 Å². The molecule has 32 heavy (non-hydrogen) atoms. The number of nitrogens with one attached hydrogen (secondary N) is 1. The quantitative estimate of drug-likeness (QED) is 0.326. The lowest BCUT2D eigenvalue weighted by molar-refractivity contribution is -0.112. The Morgan fingerprint density at radius 3 is 2.62 bits per heavy atom. The summed E-state index contributed by atoms with van der Waals surface area (Å²) >= 11 is 12.0. The number of amides is 1. The molecule has 3 aromatic rings. The second-order valence-corrected chi connectivity index (χ2v) is 7.38. The lowest BCUT2D eigenvalue weighted by atomic mass is 10.1. The van der Waals surface area contributed by atoms with Crippen molar-refractivity contribution >= 4 is 40.9 Å². The van der Waals surface area contributed by atoms with Gasteiger partial charge in [-0.25, -0.2) is 4.39 Å². The predicted molar refractivity (Wildman–Crippen MR) is 122 cm³/mol. The third-order valence-electron chi connectivity index (χ3n) is 4.38. The van der Waals surface area contributed by atoms with Crippen molar-refractivity contribution in [3.05, 3.63) is 93.2 Å². The second kappa shape index (κ2) is 10.7. The minimum absolute atomic E-state index is 0.0183. The lowest BCUT2D eigenvalue weighted by Crippen LogP contribution is -2.13. The largest absolute Gasteiger partial charge is 0.493 e. The molecule has 0 aliphatic heterocycles.